The molecule has 1 aliphatic heterocycles. The first-order valence-corrected chi connectivity index (χ1v) is 8.31. The maximum Gasteiger partial charge on any atom is 0.239 e. The Morgan fingerprint density at radius 2 is 1.83 bits per heavy atom. The van der Waals surface area contributed by atoms with E-state index in [1.54, 1.807) is 12.1 Å². The van der Waals surface area contributed by atoms with Crippen molar-refractivity contribution >= 4 is 11.6 Å². The molecule has 6 heteroatoms. The Bertz CT molecular complexity index is 590. The SMILES string of the molecule is C[C@H](C#N)CN(C)[C@@H](C)C(=O)N1CCN(c2ccc(F)cc2)CC1. The number of nitrogens with zero attached hydrogens (tertiary/aromatic N) is 4. The number of nitriles is 1. The van der Waals surface area contributed by atoms with Gasteiger partial charge in [0.15, 0.2) is 0 Å². The van der Waals surface area contributed by atoms with Crippen molar-refractivity contribution in [3.63, 3.8) is 0 Å². The van der Waals surface area contributed by atoms with Crippen molar-refractivity contribution in [2.45, 2.75) is 19.9 Å². The average Bonchev–Trinajstić information content (AvgIpc) is 2.61. The van der Waals surface area contributed by atoms with E-state index in [9.17, 15) is 9.18 Å². The Hall–Kier alpha value is -2.13. The first-order chi connectivity index (χ1) is 11.4. The molecule has 0 unspecified atom stereocenters. The van der Waals surface area contributed by atoms with Crippen molar-refractivity contribution in [3.05, 3.63) is 30.1 Å². The minimum Gasteiger partial charge on any atom is -0.368 e. The van der Waals surface area contributed by atoms with E-state index in [-0.39, 0.29) is 23.7 Å². The third-order valence-corrected chi connectivity index (χ3v) is 4.58. The zero-order valence-corrected chi connectivity index (χ0v) is 14.6. The number of hydrogen-bond acceptors (Lipinski definition) is 4. The Morgan fingerprint density at radius 3 is 2.38 bits per heavy atom. The summed E-state index contributed by atoms with van der Waals surface area (Å²) in [6, 6.07) is 8.42. The lowest BCUT2D eigenvalue weighted by atomic mass is 10.1. The van der Waals surface area contributed by atoms with Crippen LogP contribution < -0.4 is 4.90 Å². The van der Waals surface area contributed by atoms with Crippen LogP contribution in [-0.2, 0) is 4.79 Å². The molecular weight excluding hydrogens is 307 g/mol. The minimum atomic E-state index is -0.240. The molecule has 2 atom stereocenters. The van der Waals surface area contributed by atoms with Crippen molar-refractivity contribution in [3.8, 4) is 6.07 Å². The van der Waals surface area contributed by atoms with Crippen molar-refractivity contribution in [1.29, 1.82) is 5.26 Å². The monoisotopic (exact) mass is 332 g/mol. The second-order valence-electron chi connectivity index (χ2n) is 6.43. The van der Waals surface area contributed by atoms with E-state index in [0.717, 1.165) is 18.8 Å². The van der Waals surface area contributed by atoms with Crippen LogP contribution in [0.2, 0.25) is 0 Å². The van der Waals surface area contributed by atoms with Crippen LogP contribution in [0.5, 0.6) is 0 Å². The highest BCUT2D eigenvalue weighted by Gasteiger charge is 2.27. The third kappa shape index (κ3) is 4.45. The first kappa shape index (κ1) is 18.2. The number of benzene rings is 1. The largest absolute Gasteiger partial charge is 0.368 e. The Balaban J connectivity index is 1.88. The second-order valence-corrected chi connectivity index (χ2v) is 6.43. The van der Waals surface area contributed by atoms with Gasteiger partial charge in [0.2, 0.25) is 5.91 Å². The molecule has 5 nitrogen and oxygen atoms in total. The summed E-state index contributed by atoms with van der Waals surface area (Å²) in [5.41, 5.74) is 0.983. The Labute approximate surface area is 143 Å². The molecule has 0 aliphatic carbocycles. The molecule has 24 heavy (non-hydrogen) atoms. The lowest BCUT2D eigenvalue weighted by Gasteiger charge is -2.38. The van der Waals surface area contributed by atoms with Gasteiger partial charge in [-0.2, -0.15) is 5.26 Å². The number of rotatable bonds is 5. The molecule has 130 valence electrons. The smallest absolute Gasteiger partial charge is 0.239 e. The Kier molecular flexibility index (Phi) is 6.16. The average molecular weight is 332 g/mol. The predicted molar refractivity (Wildman–Crippen MR) is 92.1 cm³/mol. The molecule has 1 fully saturated rings. The molecule has 0 N–H and O–H groups in total. The fourth-order valence-corrected chi connectivity index (χ4v) is 2.92. The summed E-state index contributed by atoms with van der Waals surface area (Å²) >= 11 is 0. The number of likely N-dealkylation sites (N-methyl/N-ethyl adjacent to an activating group) is 1. The lowest BCUT2D eigenvalue weighted by molar-refractivity contribution is -0.136. The quantitative estimate of drug-likeness (QED) is 0.827. The van der Waals surface area contributed by atoms with Gasteiger partial charge in [-0.3, -0.25) is 9.69 Å². The van der Waals surface area contributed by atoms with Crippen LogP contribution in [-0.4, -0.2) is 61.5 Å². The second kappa shape index (κ2) is 8.11. The van der Waals surface area contributed by atoms with E-state index < -0.39 is 0 Å². The van der Waals surface area contributed by atoms with Crippen molar-refractivity contribution in [1.82, 2.24) is 9.80 Å². The molecule has 1 aromatic carbocycles. The molecule has 0 radical (unpaired) electrons. The minimum absolute atomic E-state index is 0.0967. The number of hydrogen-bond donors (Lipinski definition) is 0. The standard InChI is InChI=1S/C18H25FN4O/c1-14(12-20)13-21(3)15(2)18(24)23-10-8-22(9-11-23)17-6-4-16(19)5-7-17/h4-7,14-15H,8-11,13H2,1-3H3/t14-,15+/m1/s1. The van der Waals surface area contributed by atoms with E-state index in [4.69, 9.17) is 5.26 Å². The summed E-state index contributed by atoms with van der Waals surface area (Å²) in [7, 11) is 1.88. The maximum absolute atomic E-state index is 13.0. The van der Waals surface area contributed by atoms with Crippen LogP contribution in [0.3, 0.4) is 0 Å². The highest BCUT2D eigenvalue weighted by Crippen LogP contribution is 2.17. The van der Waals surface area contributed by atoms with Gasteiger partial charge in [-0.1, -0.05) is 0 Å². The molecule has 2 rings (SSSR count). The summed E-state index contributed by atoms with van der Waals surface area (Å²) in [4.78, 5) is 18.6. The summed E-state index contributed by atoms with van der Waals surface area (Å²) in [5.74, 6) is -0.238. The van der Waals surface area contributed by atoms with E-state index in [1.165, 1.54) is 12.1 Å². The fourth-order valence-electron chi connectivity index (χ4n) is 2.92. The molecule has 0 aromatic heterocycles. The number of carbonyl (C=O) groups is 1. The van der Waals surface area contributed by atoms with Crippen LogP contribution in [0.25, 0.3) is 0 Å². The zero-order chi connectivity index (χ0) is 17.7. The highest BCUT2D eigenvalue weighted by atomic mass is 19.1. The topological polar surface area (TPSA) is 50.6 Å². The third-order valence-electron chi connectivity index (χ3n) is 4.58. The molecule has 0 spiro atoms. The first-order valence-electron chi connectivity index (χ1n) is 8.31. The van der Waals surface area contributed by atoms with Gasteiger partial charge in [0.25, 0.3) is 0 Å². The zero-order valence-electron chi connectivity index (χ0n) is 14.6. The van der Waals surface area contributed by atoms with Gasteiger partial charge in [0.05, 0.1) is 18.0 Å². The van der Waals surface area contributed by atoms with Crippen LogP contribution in [0, 0.1) is 23.1 Å². The summed E-state index contributed by atoms with van der Waals surface area (Å²) < 4.78 is 13.0. The molecule has 1 amide bonds. The van der Waals surface area contributed by atoms with Crippen LogP contribution in [0.15, 0.2) is 24.3 Å². The van der Waals surface area contributed by atoms with Crippen molar-refractivity contribution < 1.29 is 9.18 Å². The van der Waals surface area contributed by atoms with Gasteiger partial charge in [0.1, 0.15) is 5.82 Å². The maximum atomic E-state index is 13.0. The molecule has 1 aliphatic rings. The van der Waals surface area contributed by atoms with E-state index in [0.29, 0.717) is 19.6 Å². The van der Waals surface area contributed by atoms with Crippen LogP contribution in [0.1, 0.15) is 13.8 Å². The van der Waals surface area contributed by atoms with Gasteiger partial charge in [-0.25, -0.2) is 4.39 Å². The molecular formula is C18H25FN4O. The van der Waals surface area contributed by atoms with E-state index >= 15 is 0 Å². The normalized spacial score (nSPS) is 17.5. The number of halogens is 1. The highest BCUT2D eigenvalue weighted by molar-refractivity contribution is 5.81. The number of carbonyl (C=O) groups excluding carboxylic acids is 1. The summed E-state index contributed by atoms with van der Waals surface area (Å²) in [6.45, 7) is 7.11. The summed E-state index contributed by atoms with van der Waals surface area (Å²) in [6.07, 6.45) is 0. The van der Waals surface area contributed by atoms with Crippen molar-refractivity contribution in [2.75, 3.05) is 44.7 Å². The van der Waals surface area contributed by atoms with Crippen molar-refractivity contribution in [2.24, 2.45) is 5.92 Å². The van der Waals surface area contributed by atoms with Crippen LogP contribution >= 0.6 is 0 Å². The number of anilines is 1. The van der Waals surface area contributed by atoms with E-state index in [1.807, 2.05) is 30.7 Å². The predicted octanol–water partition coefficient (Wildman–Crippen LogP) is 1.95. The summed E-state index contributed by atoms with van der Waals surface area (Å²) in [5, 5.41) is 8.91. The van der Waals surface area contributed by atoms with Gasteiger partial charge >= 0.3 is 0 Å². The molecule has 1 saturated heterocycles. The van der Waals surface area contributed by atoms with Crippen LogP contribution in [0.4, 0.5) is 10.1 Å². The molecule has 0 bridgehead atoms. The molecule has 1 heterocycles. The van der Waals surface area contributed by atoms with Gasteiger partial charge in [0, 0.05) is 38.4 Å². The fraction of sp³-hybridized carbons (Fsp3) is 0.556. The van der Waals surface area contributed by atoms with Gasteiger partial charge in [-0.05, 0) is 45.2 Å². The molecule has 0 saturated carbocycles. The lowest BCUT2D eigenvalue weighted by Crippen LogP contribution is -2.54. The number of amides is 1. The Morgan fingerprint density at radius 1 is 1.25 bits per heavy atom. The number of piperazine rings is 1. The van der Waals surface area contributed by atoms with Gasteiger partial charge in [-0.15, -0.1) is 0 Å². The van der Waals surface area contributed by atoms with E-state index in [2.05, 4.69) is 11.0 Å². The van der Waals surface area contributed by atoms with Gasteiger partial charge < -0.3 is 9.80 Å². The molecule has 1 aromatic rings.